The number of aromatic nitrogens is 2. The van der Waals surface area contributed by atoms with Gasteiger partial charge < -0.3 is 5.32 Å². The van der Waals surface area contributed by atoms with Crippen molar-refractivity contribution in [1.29, 1.82) is 0 Å². The van der Waals surface area contributed by atoms with Crippen molar-refractivity contribution in [2.75, 3.05) is 5.75 Å². The summed E-state index contributed by atoms with van der Waals surface area (Å²) in [5, 5.41) is 2.72. The van der Waals surface area contributed by atoms with E-state index in [-0.39, 0.29) is 28.6 Å². The molecule has 8 heteroatoms. The van der Waals surface area contributed by atoms with Crippen LogP contribution in [-0.4, -0.2) is 21.6 Å². The van der Waals surface area contributed by atoms with Crippen LogP contribution < -0.4 is 5.32 Å². The van der Waals surface area contributed by atoms with E-state index in [9.17, 15) is 18.0 Å². The van der Waals surface area contributed by atoms with Gasteiger partial charge in [0.05, 0.1) is 17.5 Å². The molecule has 1 aromatic heterocycles. The third-order valence-corrected chi connectivity index (χ3v) is 4.92. The number of alkyl halides is 3. The van der Waals surface area contributed by atoms with Crippen molar-refractivity contribution in [3.05, 3.63) is 78.0 Å². The first-order chi connectivity index (χ1) is 13.8. The summed E-state index contributed by atoms with van der Waals surface area (Å²) >= 11 is 0.871. The molecule has 0 aliphatic carbocycles. The van der Waals surface area contributed by atoms with Gasteiger partial charge in [-0.05, 0) is 18.6 Å². The number of hydrogen-bond acceptors (Lipinski definition) is 4. The van der Waals surface area contributed by atoms with Gasteiger partial charge >= 0.3 is 6.18 Å². The Hall–Kier alpha value is -2.87. The number of benzene rings is 2. The first-order valence-electron chi connectivity index (χ1n) is 8.82. The molecule has 0 fully saturated rings. The number of carbonyl (C=O) groups is 1. The minimum absolute atomic E-state index is 0.0906. The number of thioether (sulfide) groups is 1. The smallest absolute Gasteiger partial charge is 0.349 e. The van der Waals surface area contributed by atoms with Crippen molar-refractivity contribution in [3.8, 4) is 11.3 Å². The molecule has 0 saturated carbocycles. The van der Waals surface area contributed by atoms with Crippen LogP contribution in [0.1, 0.15) is 24.2 Å². The summed E-state index contributed by atoms with van der Waals surface area (Å²) in [6.45, 7) is 1.84. The Kier molecular flexibility index (Phi) is 6.53. The van der Waals surface area contributed by atoms with E-state index in [1.807, 2.05) is 37.3 Å². The summed E-state index contributed by atoms with van der Waals surface area (Å²) in [6, 6.07) is 18.6. The van der Waals surface area contributed by atoms with Gasteiger partial charge in [-0.2, -0.15) is 13.2 Å². The van der Waals surface area contributed by atoms with E-state index in [2.05, 4.69) is 15.3 Å². The highest BCUT2D eigenvalue weighted by atomic mass is 32.2. The Labute approximate surface area is 170 Å². The third-order valence-electron chi connectivity index (χ3n) is 4.08. The highest BCUT2D eigenvalue weighted by Gasteiger charge is 2.34. The Morgan fingerprint density at radius 3 is 2.28 bits per heavy atom. The second kappa shape index (κ2) is 9.09. The van der Waals surface area contributed by atoms with Gasteiger partial charge in [-0.15, -0.1) is 0 Å². The largest absolute Gasteiger partial charge is 0.433 e. The minimum atomic E-state index is -4.61. The van der Waals surface area contributed by atoms with E-state index in [0.29, 0.717) is 5.56 Å². The predicted octanol–water partition coefficient (Wildman–Crippen LogP) is 5.13. The lowest BCUT2D eigenvalue weighted by molar-refractivity contribution is -0.141. The van der Waals surface area contributed by atoms with Crippen molar-refractivity contribution < 1.29 is 18.0 Å². The lowest BCUT2D eigenvalue weighted by Crippen LogP contribution is -2.28. The quantitative estimate of drug-likeness (QED) is 0.446. The van der Waals surface area contributed by atoms with Gasteiger partial charge in [0.25, 0.3) is 0 Å². The fraction of sp³-hybridized carbons (Fsp3) is 0.190. The normalized spacial score (nSPS) is 12.4. The topological polar surface area (TPSA) is 54.9 Å². The number of hydrogen-bond donors (Lipinski definition) is 1. The lowest BCUT2D eigenvalue weighted by atomic mass is 10.1. The summed E-state index contributed by atoms with van der Waals surface area (Å²) < 4.78 is 39.7. The molecule has 1 N–H and O–H groups in total. The van der Waals surface area contributed by atoms with E-state index in [0.717, 1.165) is 23.4 Å². The van der Waals surface area contributed by atoms with Crippen LogP contribution in [-0.2, 0) is 11.0 Å². The van der Waals surface area contributed by atoms with Crippen molar-refractivity contribution in [3.63, 3.8) is 0 Å². The molecule has 2 aromatic carbocycles. The third kappa shape index (κ3) is 5.80. The van der Waals surface area contributed by atoms with Crippen LogP contribution in [0.15, 0.2) is 71.9 Å². The number of amides is 1. The van der Waals surface area contributed by atoms with Crippen LogP contribution in [0, 0.1) is 0 Å². The molecule has 1 heterocycles. The average molecular weight is 417 g/mol. The lowest BCUT2D eigenvalue weighted by Gasteiger charge is -2.14. The first kappa shape index (κ1) is 20.9. The maximum atomic E-state index is 13.2. The van der Waals surface area contributed by atoms with E-state index >= 15 is 0 Å². The molecular formula is C21H18F3N3OS. The molecule has 3 rings (SSSR count). The molecular weight excluding hydrogens is 399 g/mol. The van der Waals surface area contributed by atoms with Gasteiger partial charge in [-0.25, -0.2) is 9.97 Å². The molecule has 0 saturated heterocycles. The molecule has 0 unspecified atom stereocenters. The van der Waals surface area contributed by atoms with Gasteiger partial charge in [0.15, 0.2) is 5.16 Å². The average Bonchev–Trinajstić information content (AvgIpc) is 2.72. The standard InChI is InChI=1S/C21H18F3N3OS/c1-14(15-8-4-2-5-9-15)25-19(28)13-29-20-26-17(16-10-6-3-7-11-16)12-18(27-20)21(22,23)24/h2-12,14H,13H2,1H3,(H,25,28)/t14-/m0/s1. The van der Waals surface area contributed by atoms with Gasteiger partial charge in [0.2, 0.25) is 5.91 Å². The molecule has 0 radical (unpaired) electrons. The summed E-state index contributed by atoms with van der Waals surface area (Å²) in [5.74, 6) is -0.402. The number of halogens is 3. The molecule has 150 valence electrons. The molecule has 0 aliphatic heterocycles. The number of carbonyl (C=O) groups excluding carboxylic acids is 1. The predicted molar refractivity (Wildman–Crippen MR) is 106 cm³/mol. The fourth-order valence-electron chi connectivity index (χ4n) is 2.63. The molecule has 3 aromatic rings. The van der Waals surface area contributed by atoms with E-state index in [4.69, 9.17) is 0 Å². The van der Waals surface area contributed by atoms with Crippen molar-refractivity contribution in [2.24, 2.45) is 0 Å². The summed E-state index contributed by atoms with van der Waals surface area (Å²) in [5.41, 5.74) is 0.609. The SMILES string of the molecule is C[C@H](NC(=O)CSc1nc(-c2ccccc2)cc(C(F)(F)F)n1)c1ccccc1. The van der Waals surface area contributed by atoms with Crippen molar-refractivity contribution in [1.82, 2.24) is 15.3 Å². The molecule has 0 spiro atoms. The van der Waals surface area contributed by atoms with E-state index in [1.54, 1.807) is 30.3 Å². The van der Waals surface area contributed by atoms with Gasteiger partial charge in [-0.1, -0.05) is 72.4 Å². The minimum Gasteiger partial charge on any atom is -0.349 e. The highest BCUT2D eigenvalue weighted by Crippen LogP contribution is 2.32. The fourth-order valence-corrected chi connectivity index (χ4v) is 3.30. The molecule has 29 heavy (non-hydrogen) atoms. The van der Waals surface area contributed by atoms with E-state index in [1.165, 1.54) is 0 Å². The summed E-state index contributed by atoms with van der Waals surface area (Å²) in [6.07, 6.45) is -4.61. The number of nitrogens with zero attached hydrogens (tertiary/aromatic N) is 2. The first-order valence-corrected chi connectivity index (χ1v) is 9.80. The maximum absolute atomic E-state index is 13.2. The summed E-state index contributed by atoms with van der Waals surface area (Å²) in [4.78, 5) is 20.0. The second-order valence-electron chi connectivity index (χ2n) is 6.27. The van der Waals surface area contributed by atoms with Gasteiger partial charge in [0.1, 0.15) is 5.69 Å². The zero-order valence-electron chi connectivity index (χ0n) is 15.5. The maximum Gasteiger partial charge on any atom is 0.433 e. The Morgan fingerprint density at radius 1 is 1.03 bits per heavy atom. The zero-order chi connectivity index (χ0) is 20.9. The molecule has 0 bridgehead atoms. The number of rotatable bonds is 6. The highest BCUT2D eigenvalue weighted by molar-refractivity contribution is 7.99. The molecule has 1 amide bonds. The van der Waals surface area contributed by atoms with Crippen LogP contribution >= 0.6 is 11.8 Å². The molecule has 1 atom stereocenters. The number of nitrogens with one attached hydrogen (secondary N) is 1. The Morgan fingerprint density at radius 2 is 1.66 bits per heavy atom. The van der Waals surface area contributed by atoms with Crippen molar-refractivity contribution in [2.45, 2.75) is 24.3 Å². The van der Waals surface area contributed by atoms with Crippen LogP contribution in [0.3, 0.4) is 0 Å². The summed E-state index contributed by atoms with van der Waals surface area (Å²) in [7, 11) is 0. The zero-order valence-corrected chi connectivity index (χ0v) is 16.3. The Bertz CT molecular complexity index is 966. The van der Waals surface area contributed by atoms with Gasteiger partial charge in [0, 0.05) is 5.56 Å². The van der Waals surface area contributed by atoms with Crippen LogP contribution in [0.25, 0.3) is 11.3 Å². The van der Waals surface area contributed by atoms with Crippen LogP contribution in [0.4, 0.5) is 13.2 Å². The van der Waals surface area contributed by atoms with Crippen LogP contribution in [0.2, 0.25) is 0 Å². The monoisotopic (exact) mass is 417 g/mol. The van der Waals surface area contributed by atoms with Crippen LogP contribution in [0.5, 0.6) is 0 Å². The van der Waals surface area contributed by atoms with E-state index < -0.39 is 11.9 Å². The second-order valence-corrected chi connectivity index (χ2v) is 7.22. The molecule has 4 nitrogen and oxygen atoms in total. The van der Waals surface area contributed by atoms with Gasteiger partial charge in [-0.3, -0.25) is 4.79 Å². The molecule has 0 aliphatic rings. The Balaban J connectivity index is 1.73. The van der Waals surface area contributed by atoms with Crippen molar-refractivity contribution >= 4 is 17.7 Å².